The number of aryl methyl sites for hydroxylation is 1. The van der Waals surface area contributed by atoms with Gasteiger partial charge in [-0.3, -0.25) is 9.59 Å². The molecule has 4 aromatic rings. The number of halogens is 1. The van der Waals surface area contributed by atoms with Gasteiger partial charge in [0.15, 0.2) is 11.5 Å². The fraction of sp³-hybridized carbons (Fsp3) is 0.143. The van der Waals surface area contributed by atoms with E-state index in [4.69, 9.17) is 21.1 Å². The minimum atomic E-state index is -0.339. The minimum absolute atomic E-state index is 0.328. The Morgan fingerprint density at radius 2 is 1.67 bits per heavy atom. The van der Waals surface area contributed by atoms with Crippen LogP contribution in [0.3, 0.4) is 0 Å². The standard InChI is InChI=1S/C28H23ClN2O4S/c1-34-24-9-4-5-10-25(24)35-16-6-15-30-18-19(22-7-2-3-8-23(22)30)17-26-27(32)31(28(33)36-26)21-13-11-20(29)12-14-21/h2-5,7-14,17-18H,6,15-16H2,1H3/b26-17-. The van der Waals surface area contributed by atoms with Crippen LogP contribution in [0.25, 0.3) is 17.0 Å². The third-order valence-electron chi connectivity index (χ3n) is 5.85. The summed E-state index contributed by atoms with van der Waals surface area (Å²) in [5, 5.41) is 1.23. The van der Waals surface area contributed by atoms with Crippen LogP contribution in [-0.4, -0.2) is 29.4 Å². The Hall–Kier alpha value is -3.68. The number of thioether (sulfide) groups is 1. The van der Waals surface area contributed by atoms with E-state index in [0.29, 0.717) is 28.0 Å². The topological polar surface area (TPSA) is 60.8 Å². The lowest BCUT2D eigenvalue weighted by atomic mass is 10.1. The maximum absolute atomic E-state index is 13.1. The molecule has 1 aliphatic heterocycles. The predicted molar refractivity (Wildman–Crippen MR) is 145 cm³/mol. The number of carbonyl (C=O) groups is 2. The molecule has 36 heavy (non-hydrogen) atoms. The van der Waals surface area contributed by atoms with Crippen molar-refractivity contribution in [2.24, 2.45) is 0 Å². The fourth-order valence-corrected chi connectivity index (χ4v) is 5.11. The number of aromatic nitrogens is 1. The molecule has 1 saturated heterocycles. The average Bonchev–Trinajstić information content (AvgIpc) is 3.38. The number of hydrogen-bond donors (Lipinski definition) is 0. The Morgan fingerprint density at radius 1 is 0.944 bits per heavy atom. The summed E-state index contributed by atoms with van der Waals surface area (Å²) in [6.07, 6.45) is 4.60. The van der Waals surface area contributed by atoms with Crippen LogP contribution in [0.15, 0.2) is 83.9 Å². The first-order chi connectivity index (χ1) is 17.5. The van der Waals surface area contributed by atoms with Crippen molar-refractivity contribution < 1.29 is 19.1 Å². The van der Waals surface area contributed by atoms with Gasteiger partial charge in [-0.15, -0.1) is 0 Å². The third-order valence-corrected chi connectivity index (χ3v) is 6.98. The number of para-hydroxylation sites is 3. The smallest absolute Gasteiger partial charge is 0.298 e. The summed E-state index contributed by atoms with van der Waals surface area (Å²) in [5.74, 6) is 1.09. The van der Waals surface area contributed by atoms with Gasteiger partial charge in [-0.2, -0.15) is 0 Å². The SMILES string of the molecule is COc1ccccc1OCCCn1cc(/C=C2\SC(=O)N(c3ccc(Cl)cc3)C2=O)c2ccccc21. The Labute approximate surface area is 218 Å². The molecule has 1 fully saturated rings. The Kier molecular flexibility index (Phi) is 7.02. The van der Waals surface area contributed by atoms with E-state index in [9.17, 15) is 9.59 Å². The second-order valence-corrected chi connectivity index (χ2v) is 9.57. The van der Waals surface area contributed by atoms with E-state index in [1.165, 1.54) is 4.90 Å². The second-order valence-electron chi connectivity index (χ2n) is 8.14. The molecule has 0 spiro atoms. The van der Waals surface area contributed by atoms with Gasteiger partial charge in [0.25, 0.3) is 11.1 Å². The fourth-order valence-electron chi connectivity index (χ4n) is 4.15. The van der Waals surface area contributed by atoms with Crippen molar-refractivity contribution >= 4 is 57.2 Å². The first-order valence-corrected chi connectivity index (χ1v) is 12.6. The summed E-state index contributed by atoms with van der Waals surface area (Å²) in [7, 11) is 1.62. The molecule has 0 unspecified atom stereocenters. The number of rotatable bonds is 8. The highest BCUT2D eigenvalue weighted by atomic mass is 35.5. The molecule has 8 heteroatoms. The molecule has 0 aliphatic carbocycles. The molecule has 6 nitrogen and oxygen atoms in total. The number of fused-ring (bicyclic) bond motifs is 1. The largest absolute Gasteiger partial charge is 0.493 e. The van der Waals surface area contributed by atoms with Crippen LogP contribution < -0.4 is 14.4 Å². The second kappa shape index (κ2) is 10.5. The number of carbonyl (C=O) groups excluding carboxylic acids is 2. The highest BCUT2D eigenvalue weighted by Gasteiger charge is 2.36. The number of imide groups is 1. The third kappa shape index (κ3) is 4.85. The van der Waals surface area contributed by atoms with E-state index < -0.39 is 0 Å². The number of nitrogens with zero attached hydrogens (tertiary/aromatic N) is 2. The Balaban J connectivity index is 1.34. The average molecular weight is 519 g/mol. The first kappa shape index (κ1) is 24.0. The number of ether oxygens (including phenoxy) is 2. The molecular formula is C28H23ClN2O4S. The molecule has 0 radical (unpaired) electrons. The number of hydrogen-bond acceptors (Lipinski definition) is 5. The van der Waals surface area contributed by atoms with Crippen molar-refractivity contribution in [3.8, 4) is 11.5 Å². The van der Waals surface area contributed by atoms with Crippen molar-refractivity contribution in [3.63, 3.8) is 0 Å². The van der Waals surface area contributed by atoms with E-state index in [1.807, 2.05) is 54.7 Å². The first-order valence-electron chi connectivity index (χ1n) is 11.4. The van der Waals surface area contributed by atoms with Crippen molar-refractivity contribution in [2.75, 3.05) is 18.6 Å². The van der Waals surface area contributed by atoms with E-state index in [2.05, 4.69) is 4.57 Å². The summed E-state index contributed by atoms with van der Waals surface area (Å²) < 4.78 is 13.4. The van der Waals surface area contributed by atoms with Crippen LogP contribution in [0.1, 0.15) is 12.0 Å². The predicted octanol–water partition coefficient (Wildman–Crippen LogP) is 7.01. The maximum atomic E-state index is 13.1. The lowest BCUT2D eigenvalue weighted by Gasteiger charge is -2.12. The highest BCUT2D eigenvalue weighted by Crippen LogP contribution is 2.37. The molecule has 1 aliphatic rings. The molecule has 2 amide bonds. The number of methoxy groups -OCH3 is 1. The quantitative estimate of drug-likeness (QED) is 0.185. The van der Waals surface area contributed by atoms with Gasteiger partial charge >= 0.3 is 0 Å². The Bertz CT molecular complexity index is 1460. The van der Waals surface area contributed by atoms with Gasteiger partial charge < -0.3 is 14.0 Å². The van der Waals surface area contributed by atoms with Crippen LogP contribution in [0.2, 0.25) is 5.02 Å². The van der Waals surface area contributed by atoms with Gasteiger partial charge in [-0.1, -0.05) is 41.9 Å². The summed E-state index contributed by atoms with van der Waals surface area (Å²) in [6.45, 7) is 1.26. The van der Waals surface area contributed by atoms with E-state index in [-0.39, 0.29) is 11.1 Å². The van der Waals surface area contributed by atoms with Crippen molar-refractivity contribution in [1.82, 2.24) is 4.57 Å². The monoisotopic (exact) mass is 518 g/mol. The highest BCUT2D eigenvalue weighted by molar-refractivity contribution is 8.19. The van der Waals surface area contributed by atoms with Crippen molar-refractivity contribution in [3.05, 3.63) is 94.5 Å². The molecule has 182 valence electrons. The van der Waals surface area contributed by atoms with Gasteiger partial charge in [-0.05, 0) is 66.7 Å². The summed E-state index contributed by atoms with van der Waals surface area (Å²) in [4.78, 5) is 27.3. The normalized spacial score (nSPS) is 14.7. The molecule has 2 heterocycles. The molecule has 1 aromatic heterocycles. The van der Waals surface area contributed by atoms with Crippen LogP contribution in [-0.2, 0) is 11.3 Å². The van der Waals surface area contributed by atoms with E-state index in [1.54, 1.807) is 37.5 Å². The number of anilines is 1. The lowest BCUT2D eigenvalue weighted by Crippen LogP contribution is -2.27. The Morgan fingerprint density at radius 3 is 2.44 bits per heavy atom. The number of amides is 2. The van der Waals surface area contributed by atoms with Crippen LogP contribution >= 0.6 is 23.4 Å². The zero-order valence-corrected chi connectivity index (χ0v) is 21.1. The van der Waals surface area contributed by atoms with Crippen LogP contribution in [0.4, 0.5) is 10.5 Å². The molecule has 0 saturated carbocycles. The zero-order valence-electron chi connectivity index (χ0n) is 19.5. The summed E-state index contributed by atoms with van der Waals surface area (Å²) >= 11 is 6.89. The van der Waals surface area contributed by atoms with Gasteiger partial charge in [0.1, 0.15) is 0 Å². The molecule has 3 aromatic carbocycles. The number of benzene rings is 3. The van der Waals surface area contributed by atoms with Crippen LogP contribution in [0.5, 0.6) is 11.5 Å². The van der Waals surface area contributed by atoms with Crippen molar-refractivity contribution in [1.29, 1.82) is 0 Å². The zero-order chi connectivity index (χ0) is 25.1. The summed E-state index contributed by atoms with van der Waals surface area (Å²) in [5.41, 5.74) is 2.44. The van der Waals surface area contributed by atoms with E-state index >= 15 is 0 Å². The van der Waals surface area contributed by atoms with E-state index in [0.717, 1.165) is 46.9 Å². The molecule has 0 bridgehead atoms. The van der Waals surface area contributed by atoms with Crippen LogP contribution in [0, 0.1) is 0 Å². The molecular weight excluding hydrogens is 496 g/mol. The van der Waals surface area contributed by atoms with Crippen molar-refractivity contribution in [2.45, 2.75) is 13.0 Å². The lowest BCUT2D eigenvalue weighted by molar-refractivity contribution is -0.113. The molecule has 0 atom stereocenters. The van der Waals surface area contributed by atoms with Gasteiger partial charge in [0.2, 0.25) is 0 Å². The minimum Gasteiger partial charge on any atom is -0.493 e. The van der Waals surface area contributed by atoms with Gasteiger partial charge in [-0.25, -0.2) is 4.90 Å². The molecule has 0 N–H and O–H groups in total. The van der Waals surface area contributed by atoms with Gasteiger partial charge in [0, 0.05) is 34.2 Å². The summed E-state index contributed by atoms with van der Waals surface area (Å²) in [6, 6.07) is 22.3. The maximum Gasteiger partial charge on any atom is 0.298 e. The van der Waals surface area contributed by atoms with Gasteiger partial charge in [0.05, 0.1) is 24.3 Å². The molecule has 5 rings (SSSR count).